The number of hydrogen-bond acceptors (Lipinski definition) is 8. The SMILES string of the molecule is CC1(S(=O)(=O)NC(=O)[C@@]23C[C@H]2/C=C\CCCCC[C@H](N)C(=O)N2C[C@H](OC(=O)N4Cc5ccccc5C4)C[C@H]2C(=O)N3)CC1. The Morgan fingerprint density at radius 2 is 1.80 bits per heavy atom. The van der Waals surface area contributed by atoms with E-state index in [1.54, 1.807) is 11.8 Å². The van der Waals surface area contributed by atoms with Crippen molar-refractivity contribution in [3.8, 4) is 0 Å². The van der Waals surface area contributed by atoms with E-state index in [2.05, 4.69) is 10.0 Å². The Morgan fingerprint density at radius 3 is 2.48 bits per heavy atom. The maximum absolute atomic E-state index is 13.9. The molecule has 238 valence electrons. The van der Waals surface area contributed by atoms with Crippen LogP contribution in [-0.4, -0.2) is 77.1 Å². The molecule has 3 heterocycles. The van der Waals surface area contributed by atoms with Crippen molar-refractivity contribution < 1.29 is 32.3 Å². The van der Waals surface area contributed by atoms with Crippen molar-refractivity contribution in [1.82, 2.24) is 19.8 Å². The molecule has 4 amide bonds. The van der Waals surface area contributed by atoms with Crippen molar-refractivity contribution >= 4 is 33.8 Å². The molecule has 1 saturated heterocycles. The highest BCUT2D eigenvalue weighted by molar-refractivity contribution is 7.91. The first-order chi connectivity index (χ1) is 20.9. The minimum atomic E-state index is -3.93. The van der Waals surface area contributed by atoms with Crippen molar-refractivity contribution in [2.45, 2.75) is 106 Å². The van der Waals surface area contributed by atoms with Crippen LogP contribution in [0, 0.1) is 5.92 Å². The van der Waals surface area contributed by atoms with E-state index in [0.717, 1.165) is 36.8 Å². The lowest BCUT2D eigenvalue weighted by atomic mass is 10.1. The first-order valence-electron chi connectivity index (χ1n) is 15.6. The zero-order chi connectivity index (χ0) is 31.3. The molecule has 0 spiro atoms. The largest absolute Gasteiger partial charge is 0.444 e. The van der Waals surface area contributed by atoms with Crippen molar-refractivity contribution in [2.24, 2.45) is 11.7 Å². The van der Waals surface area contributed by atoms with Crippen LogP contribution in [0.25, 0.3) is 0 Å². The van der Waals surface area contributed by atoms with Gasteiger partial charge in [0.2, 0.25) is 21.8 Å². The van der Waals surface area contributed by atoms with Crippen molar-refractivity contribution in [1.29, 1.82) is 0 Å². The third-order valence-electron chi connectivity index (χ3n) is 9.88. The van der Waals surface area contributed by atoms with Gasteiger partial charge in [-0.15, -0.1) is 0 Å². The van der Waals surface area contributed by atoms with E-state index in [1.807, 2.05) is 36.4 Å². The predicted molar refractivity (Wildman–Crippen MR) is 160 cm³/mol. The second kappa shape index (κ2) is 11.5. The molecule has 2 saturated carbocycles. The first kappa shape index (κ1) is 30.6. The Balaban J connectivity index is 1.21. The third kappa shape index (κ3) is 5.83. The summed E-state index contributed by atoms with van der Waals surface area (Å²) in [6, 6.07) is 5.88. The third-order valence-corrected chi connectivity index (χ3v) is 12.0. The number of benzene rings is 1. The Morgan fingerprint density at radius 1 is 1.09 bits per heavy atom. The summed E-state index contributed by atoms with van der Waals surface area (Å²) in [4.78, 5) is 57.0. The van der Waals surface area contributed by atoms with E-state index in [4.69, 9.17) is 10.5 Å². The monoisotopic (exact) mass is 627 g/mol. The molecule has 3 aliphatic heterocycles. The molecule has 5 aliphatic rings. The fourth-order valence-corrected chi connectivity index (χ4v) is 7.83. The van der Waals surface area contributed by atoms with Gasteiger partial charge in [0.05, 0.1) is 17.3 Å². The van der Waals surface area contributed by atoms with Crippen LogP contribution >= 0.6 is 0 Å². The summed E-state index contributed by atoms with van der Waals surface area (Å²) < 4.78 is 32.9. The molecule has 5 atom stereocenters. The van der Waals surface area contributed by atoms with Gasteiger partial charge < -0.3 is 20.7 Å². The number of carbonyl (C=O) groups is 4. The molecule has 4 N–H and O–H groups in total. The molecule has 0 aromatic heterocycles. The minimum Gasteiger partial charge on any atom is -0.444 e. The van der Waals surface area contributed by atoms with Gasteiger partial charge in [0, 0.05) is 25.4 Å². The lowest BCUT2D eigenvalue weighted by molar-refractivity contribution is -0.140. The minimum absolute atomic E-state index is 0.00753. The van der Waals surface area contributed by atoms with Crippen LogP contribution in [0.3, 0.4) is 0 Å². The molecule has 2 aliphatic carbocycles. The van der Waals surface area contributed by atoms with E-state index < -0.39 is 68.2 Å². The summed E-state index contributed by atoms with van der Waals surface area (Å²) in [5, 5.41) is 2.83. The zero-order valence-electron chi connectivity index (χ0n) is 25.0. The molecular weight excluding hydrogens is 586 g/mol. The molecular formula is C31H41N5O7S. The maximum Gasteiger partial charge on any atom is 0.410 e. The van der Waals surface area contributed by atoms with E-state index in [-0.39, 0.29) is 19.4 Å². The van der Waals surface area contributed by atoms with E-state index in [0.29, 0.717) is 32.4 Å². The number of hydrogen-bond donors (Lipinski definition) is 3. The van der Waals surface area contributed by atoms with E-state index in [9.17, 15) is 27.6 Å². The van der Waals surface area contributed by atoms with Crippen LogP contribution in [0.5, 0.6) is 0 Å². The number of sulfonamides is 1. The standard InChI is InChI=1S/C31H41N5O7S/c1-30(13-14-30)44(41,42)34-28(39)31-16-22(31)11-5-3-2-4-6-12-24(32)27(38)36-19-23(15-25(36)26(37)33-31)43-29(40)35-17-20-9-7-8-10-21(20)18-35/h5,7-11,22-25H,2-4,6,12-19,32H2,1H3,(H,33,37)(H,34,39)/b11-5-/t22-,23-,24+,25+,31-/m1/s1. The number of allylic oxidation sites excluding steroid dienone is 1. The highest BCUT2D eigenvalue weighted by Crippen LogP contribution is 2.47. The van der Waals surface area contributed by atoms with Gasteiger partial charge in [0.15, 0.2) is 0 Å². The van der Waals surface area contributed by atoms with Crippen LogP contribution in [-0.2, 0) is 42.2 Å². The molecule has 1 aromatic rings. The summed E-state index contributed by atoms with van der Waals surface area (Å²) in [5.74, 6) is -2.19. The second-order valence-electron chi connectivity index (χ2n) is 13.2. The Hall–Kier alpha value is -3.45. The zero-order valence-corrected chi connectivity index (χ0v) is 25.8. The van der Waals surface area contributed by atoms with Crippen LogP contribution in [0.4, 0.5) is 4.79 Å². The number of rotatable bonds is 4. The Kier molecular flexibility index (Phi) is 7.98. The van der Waals surface area contributed by atoms with Gasteiger partial charge in [0.25, 0.3) is 5.91 Å². The number of amides is 4. The van der Waals surface area contributed by atoms with E-state index in [1.165, 1.54) is 4.90 Å². The normalized spacial score (nSPS) is 32.2. The fourth-order valence-electron chi connectivity index (χ4n) is 6.52. The Bertz CT molecular complexity index is 1470. The highest BCUT2D eigenvalue weighted by atomic mass is 32.2. The fraction of sp³-hybridized carbons (Fsp3) is 0.613. The van der Waals surface area contributed by atoms with Gasteiger partial charge >= 0.3 is 6.09 Å². The number of nitrogens with one attached hydrogen (secondary N) is 2. The predicted octanol–water partition coefficient (Wildman–Crippen LogP) is 1.83. The maximum atomic E-state index is 13.9. The lowest BCUT2D eigenvalue weighted by Gasteiger charge is -2.28. The average Bonchev–Trinajstić information content (AvgIpc) is 3.78. The van der Waals surface area contributed by atoms with Gasteiger partial charge in [0.1, 0.15) is 17.7 Å². The van der Waals surface area contributed by atoms with Gasteiger partial charge in [-0.3, -0.25) is 24.0 Å². The highest BCUT2D eigenvalue weighted by Gasteiger charge is 2.63. The quantitative estimate of drug-likeness (QED) is 0.425. The number of nitrogens with two attached hydrogens (primary N) is 1. The number of nitrogens with zero attached hydrogens (tertiary/aromatic N) is 2. The molecule has 0 radical (unpaired) electrons. The summed E-state index contributed by atoms with van der Waals surface area (Å²) in [7, 11) is -3.93. The van der Waals surface area contributed by atoms with Gasteiger partial charge in [-0.1, -0.05) is 49.3 Å². The second-order valence-corrected chi connectivity index (χ2v) is 15.4. The smallest absolute Gasteiger partial charge is 0.410 e. The molecule has 12 nitrogen and oxygen atoms in total. The average molecular weight is 628 g/mol. The van der Waals surface area contributed by atoms with E-state index >= 15 is 0 Å². The molecule has 1 aromatic carbocycles. The first-order valence-corrected chi connectivity index (χ1v) is 17.0. The van der Waals surface area contributed by atoms with Crippen molar-refractivity contribution in [3.05, 3.63) is 47.5 Å². The van der Waals surface area contributed by atoms with Crippen LogP contribution in [0.2, 0.25) is 0 Å². The molecule has 0 unspecified atom stereocenters. The van der Waals surface area contributed by atoms with Crippen LogP contribution < -0.4 is 15.8 Å². The number of carbonyl (C=O) groups excluding carboxylic acids is 4. The molecule has 44 heavy (non-hydrogen) atoms. The lowest BCUT2D eigenvalue weighted by Crippen LogP contribution is -2.58. The van der Waals surface area contributed by atoms with Gasteiger partial charge in [-0.2, -0.15) is 0 Å². The number of fused-ring (bicyclic) bond motifs is 3. The summed E-state index contributed by atoms with van der Waals surface area (Å²) in [5.41, 5.74) is 6.92. The summed E-state index contributed by atoms with van der Waals surface area (Å²) in [6.45, 7) is 2.40. The summed E-state index contributed by atoms with van der Waals surface area (Å²) in [6.07, 6.45) is 7.40. The van der Waals surface area contributed by atoms with Gasteiger partial charge in [-0.25, -0.2) is 13.2 Å². The van der Waals surface area contributed by atoms with Crippen molar-refractivity contribution in [3.63, 3.8) is 0 Å². The van der Waals surface area contributed by atoms with Crippen LogP contribution in [0.1, 0.15) is 75.8 Å². The molecule has 0 bridgehead atoms. The topological polar surface area (TPSA) is 168 Å². The van der Waals surface area contributed by atoms with Crippen molar-refractivity contribution in [2.75, 3.05) is 6.54 Å². The van der Waals surface area contributed by atoms with Crippen LogP contribution in [0.15, 0.2) is 36.4 Å². The molecule has 6 rings (SSSR count). The molecule has 3 fully saturated rings. The van der Waals surface area contributed by atoms with Gasteiger partial charge in [-0.05, 0) is 56.6 Å². The Labute approximate surface area is 257 Å². The number of ether oxygens (including phenoxy) is 1. The summed E-state index contributed by atoms with van der Waals surface area (Å²) >= 11 is 0. The molecule has 13 heteroatoms.